The molecule has 0 amide bonds. The maximum Gasteiger partial charge on any atom is 0.311 e. The topological polar surface area (TPSA) is 39.2 Å². The molecule has 0 unspecified atom stereocenters. The summed E-state index contributed by atoms with van der Waals surface area (Å²) in [5, 5.41) is 0.122. The second-order valence-electron chi connectivity index (χ2n) is 5.94. The van der Waals surface area contributed by atoms with Crippen molar-refractivity contribution in [3.63, 3.8) is 0 Å². The van der Waals surface area contributed by atoms with E-state index >= 15 is 0 Å². The van der Waals surface area contributed by atoms with Crippen molar-refractivity contribution in [3.8, 4) is 11.1 Å². The second-order valence-corrected chi connectivity index (χ2v) is 6.68. The van der Waals surface area contributed by atoms with Crippen molar-refractivity contribution in [2.75, 3.05) is 7.11 Å². The van der Waals surface area contributed by atoms with Crippen LogP contribution in [-0.4, -0.2) is 18.1 Å². The average molecular weight is 374 g/mol. The van der Waals surface area contributed by atoms with Gasteiger partial charge in [0, 0.05) is 11.6 Å². The summed E-state index contributed by atoms with van der Waals surface area (Å²) >= 11 is 12.1. The number of benzene rings is 1. The molecule has 0 N–H and O–H groups in total. The van der Waals surface area contributed by atoms with Gasteiger partial charge in [0.15, 0.2) is 0 Å². The Bertz CT molecular complexity index is 794. The lowest BCUT2D eigenvalue weighted by Crippen LogP contribution is -2.28. The molecule has 2 rings (SSSR count). The van der Waals surface area contributed by atoms with Crippen molar-refractivity contribution < 1.29 is 18.3 Å². The molecule has 0 spiro atoms. The Morgan fingerprint density at radius 3 is 2.46 bits per heavy atom. The zero-order chi connectivity index (χ0) is 18.1. The molecule has 1 aromatic heterocycles. The van der Waals surface area contributed by atoms with Gasteiger partial charge in [0.25, 0.3) is 0 Å². The second kappa shape index (κ2) is 7.03. The lowest BCUT2D eigenvalue weighted by atomic mass is 9.83. The summed E-state index contributed by atoms with van der Waals surface area (Å²) in [6.45, 7) is 3.35. The number of pyridine rings is 1. The normalized spacial score (nSPS) is 11.5. The summed E-state index contributed by atoms with van der Waals surface area (Å²) in [5.41, 5.74) is -0.00573. The van der Waals surface area contributed by atoms with Crippen molar-refractivity contribution in [1.29, 1.82) is 0 Å². The summed E-state index contributed by atoms with van der Waals surface area (Å²) in [5.74, 6) is -1.90. The number of ether oxygens (including phenoxy) is 1. The number of hydrogen-bond donors (Lipinski definition) is 0. The zero-order valence-electron chi connectivity index (χ0n) is 13.3. The van der Waals surface area contributed by atoms with E-state index < -0.39 is 23.0 Å². The highest BCUT2D eigenvalue weighted by molar-refractivity contribution is 6.33. The Balaban J connectivity index is 2.62. The molecule has 7 heteroatoms. The van der Waals surface area contributed by atoms with Crippen LogP contribution in [0.25, 0.3) is 11.1 Å². The third-order valence-corrected chi connectivity index (χ3v) is 4.13. The standard InChI is InChI=1S/C17H15Cl2F2NO2/c1-17(2,16(23)24-3)8-12-11(7-14(18)22-15(12)19)10-5-4-9(20)6-13(10)21/h4-7H,8H2,1-3H3. The first-order chi connectivity index (χ1) is 11.2. The largest absolute Gasteiger partial charge is 0.469 e. The van der Waals surface area contributed by atoms with Crippen molar-refractivity contribution in [2.24, 2.45) is 5.41 Å². The molecule has 3 nitrogen and oxygen atoms in total. The van der Waals surface area contributed by atoms with E-state index in [1.54, 1.807) is 13.8 Å². The maximum atomic E-state index is 14.2. The van der Waals surface area contributed by atoms with Gasteiger partial charge in [0.2, 0.25) is 0 Å². The minimum atomic E-state index is -0.918. The smallest absolute Gasteiger partial charge is 0.311 e. The number of carbonyl (C=O) groups excluding carboxylic acids is 1. The Labute approximate surface area is 148 Å². The third kappa shape index (κ3) is 3.84. The van der Waals surface area contributed by atoms with Gasteiger partial charge in [0.1, 0.15) is 21.9 Å². The van der Waals surface area contributed by atoms with Gasteiger partial charge in [-0.25, -0.2) is 13.8 Å². The van der Waals surface area contributed by atoms with Gasteiger partial charge < -0.3 is 4.74 Å². The predicted molar refractivity (Wildman–Crippen MR) is 89.1 cm³/mol. The van der Waals surface area contributed by atoms with Gasteiger partial charge in [-0.15, -0.1) is 0 Å². The van der Waals surface area contributed by atoms with Gasteiger partial charge in [-0.3, -0.25) is 4.79 Å². The first-order valence-electron chi connectivity index (χ1n) is 7.04. The van der Waals surface area contributed by atoms with Gasteiger partial charge in [-0.1, -0.05) is 23.2 Å². The number of carbonyl (C=O) groups is 1. The average Bonchev–Trinajstić information content (AvgIpc) is 2.49. The molecule has 1 heterocycles. The van der Waals surface area contributed by atoms with Crippen LogP contribution in [0.4, 0.5) is 8.78 Å². The van der Waals surface area contributed by atoms with Gasteiger partial charge >= 0.3 is 5.97 Å². The van der Waals surface area contributed by atoms with Crippen LogP contribution < -0.4 is 0 Å². The van der Waals surface area contributed by atoms with Crippen LogP contribution in [-0.2, 0) is 16.0 Å². The van der Waals surface area contributed by atoms with Crippen molar-refractivity contribution in [1.82, 2.24) is 4.98 Å². The summed E-state index contributed by atoms with van der Waals surface area (Å²) in [6, 6.07) is 4.64. The van der Waals surface area contributed by atoms with Crippen molar-refractivity contribution in [3.05, 3.63) is 51.8 Å². The van der Waals surface area contributed by atoms with E-state index in [9.17, 15) is 13.6 Å². The van der Waals surface area contributed by atoms with Crippen LogP contribution in [0.15, 0.2) is 24.3 Å². The maximum absolute atomic E-state index is 14.2. The number of hydrogen-bond acceptors (Lipinski definition) is 3. The number of esters is 1. The minimum Gasteiger partial charge on any atom is -0.469 e. The van der Waals surface area contributed by atoms with Crippen molar-refractivity contribution >= 4 is 29.2 Å². The lowest BCUT2D eigenvalue weighted by Gasteiger charge is -2.23. The minimum absolute atomic E-state index is 0.0539. The molecular formula is C17H15Cl2F2NO2. The number of halogens is 4. The SMILES string of the molecule is COC(=O)C(C)(C)Cc1c(-c2ccc(F)cc2F)cc(Cl)nc1Cl. The zero-order valence-corrected chi connectivity index (χ0v) is 14.8. The quantitative estimate of drug-likeness (QED) is 0.554. The molecule has 0 radical (unpaired) electrons. The molecule has 24 heavy (non-hydrogen) atoms. The van der Waals surface area contributed by atoms with Gasteiger partial charge in [-0.2, -0.15) is 0 Å². The van der Waals surface area contributed by atoms with E-state index in [1.165, 1.54) is 19.2 Å². The van der Waals surface area contributed by atoms with E-state index in [0.29, 0.717) is 11.1 Å². The highest BCUT2D eigenvalue weighted by Gasteiger charge is 2.32. The summed E-state index contributed by atoms with van der Waals surface area (Å²) < 4.78 is 32.2. The fourth-order valence-electron chi connectivity index (χ4n) is 2.42. The van der Waals surface area contributed by atoms with E-state index in [-0.39, 0.29) is 22.3 Å². The molecule has 0 bridgehead atoms. The van der Waals surface area contributed by atoms with Crippen LogP contribution >= 0.6 is 23.2 Å². The third-order valence-electron chi connectivity index (χ3n) is 3.62. The Morgan fingerprint density at radius 2 is 1.88 bits per heavy atom. The number of methoxy groups -OCH3 is 1. The van der Waals surface area contributed by atoms with Crippen LogP contribution in [0, 0.1) is 17.0 Å². The van der Waals surface area contributed by atoms with E-state index in [4.69, 9.17) is 27.9 Å². The first kappa shape index (κ1) is 18.6. The van der Waals surface area contributed by atoms with E-state index in [0.717, 1.165) is 12.1 Å². The van der Waals surface area contributed by atoms with Gasteiger partial charge in [0.05, 0.1) is 12.5 Å². The number of aromatic nitrogens is 1. The highest BCUT2D eigenvalue weighted by Crippen LogP contribution is 2.36. The highest BCUT2D eigenvalue weighted by atomic mass is 35.5. The van der Waals surface area contributed by atoms with E-state index in [1.807, 2.05) is 0 Å². The molecule has 0 saturated carbocycles. The Kier molecular flexibility index (Phi) is 5.45. The summed E-state index contributed by atoms with van der Waals surface area (Å²) in [7, 11) is 1.28. The molecule has 2 aromatic rings. The molecule has 0 saturated heterocycles. The van der Waals surface area contributed by atoms with Crippen LogP contribution in [0.1, 0.15) is 19.4 Å². The molecule has 0 aliphatic rings. The van der Waals surface area contributed by atoms with Crippen LogP contribution in [0.3, 0.4) is 0 Å². The fourth-order valence-corrected chi connectivity index (χ4v) is 2.91. The lowest BCUT2D eigenvalue weighted by molar-refractivity contribution is -0.150. The Hall–Kier alpha value is -1.72. The van der Waals surface area contributed by atoms with Crippen LogP contribution in [0.2, 0.25) is 10.3 Å². The molecule has 1 aromatic carbocycles. The van der Waals surface area contributed by atoms with Crippen molar-refractivity contribution in [2.45, 2.75) is 20.3 Å². The summed E-state index contributed by atoms with van der Waals surface area (Å²) in [4.78, 5) is 15.9. The molecule has 0 aliphatic heterocycles. The van der Waals surface area contributed by atoms with E-state index in [2.05, 4.69) is 4.98 Å². The fraction of sp³-hybridized carbons (Fsp3) is 0.294. The molecule has 0 fully saturated rings. The molecular weight excluding hydrogens is 359 g/mol. The molecule has 0 aliphatic carbocycles. The predicted octanol–water partition coefficient (Wildman–Crippen LogP) is 5.08. The van der Waals surface area contributed by atoms with Gasteiger partial charge in [-0.05, 0) is 49.6 Å². The molecule has 0 atom stereocenters. The van der Waals surface area contributed by atoms with Crippen LogP contribution in [0.5, 0.6) is 0 Å². The summed E-state index contributed by atoms with van der Waals surface area (Å²) in [6.07, 6.45) is 0.148. The Morgan fingerprint density at radius 1 is 1.21 bits per heavy atom. The molecule has 128 valence electrons. The first-order valence-corrected chi connectivity index (χ1v) is 7.80. The number of rotatable bonds is 4. The number of nitrogens with zero attached hydrogens (tertiary/aromatic N) is 1. The monoisotopic (exact) mass is 373 g/mol.